The van der Waals surface area contributed by atoms with Gasteiger partial charge in [-0.25, -0.2) is 0 Å². The van der Waals surface area contributed by atoms with E-state index < -0.39 is 0 Å². The highest BCUT2D eigenvalue weighted by Crippen LogP contribution is 2.09. The van der Waals surface area contributed by atoms with Crippen LogP contribution in [0.4, 0.5) is 0 Å². The molecule has 1 aliphatic rings. The van der Waals surface area contributed by atoms with E-state index in [0.29, 0.717) is 5.89 Å². The van der Waals surface area contributed by atoms with Crippen LogP contribution in [-0.2, 0) is 13.1 Å². The molecule has 6 nitrogen and oxygen atoms in total. The summed E-state index contributed by atoms with van der Waals surface area (Å²) < 4.78 is 5.03. The second kappa shape index (κ2) is 6.78. The normalized spacial score (nSPS) is 17.8. The van der Waals surface area contributed by atoms with Crippen LogP contribution in [0.15, 0.2) is 28.9 Å². The van der Waals surface area contributed by atoms with E-state index in [9.17, 15) is 0 Å². The summed E-state index contributed by atoms with van der Waals surface area (Å²) in [5.74, 6) is 1.42. The maximum absolute atomic E-state index is 5.03. The molecule has 0 saturated carbocycles. The molecule has 0 spiro atoms. The zero-order chi connectivity index (χ0) is 14.5. The summed E-state index contributed by atoms with van der Waals surface area (Å²) in [7, 11) is 0. The van der Waals surface area contributed by atoms with Crippen molar-refractivity contribution in [3.63, 3.8) is 0 Å². The number of rotatable bonds is 4. The van der Waals surface area contributed by atoms with Crippen molar-refractivity contribution in [3.05, 3.63) is 41.8 Å². The molecule has 0 amide bonds. The van der Waals surface area contributed by atoms with Gasteiger partial charge in [0.25, 0.3) is 0 Å². The topological polar surface area (TPSA) is 58.3 Å². The zero-order valence-corrected chi connectivity index (χ0v) is 12.4. The lowest BCUT2D eigenvalue weighted by molar-refractivity contribution is 0.240. The molecule has 6 heteroatoms. The van der Waals surface area contributed by atoms with Gasteiger partial charge in [0.2, 0.25) is 5.89 Å². The second-order valence-corrected chi connectivity index (χ2v) is 5.46. The van der Waals surface area contributed by atoms with Gasteiger partial charge in [0.1, 0.15) is 0 Å². The highest BCUT2D eigenvalue weighted by atomic mass is 16.5. The SMILES string of the molecule is Cc1nc(CN2CCCN(Cc3ccccn3)CC2)no1. The number of aryl methyl sites for hydroxylation is 1. The summed E-state index contributed by atoms with van der Waals surface area (Å²) in [5, 5.41) is 3.98. The molecular weight excluding hydrogens is 266 g/mol. The van der Waals surface area contributed by atoms with E-state index in [1.54, 1.807) is 0 Å². The van der Waals surface area contributed by atoms with Crippen molar-refractivity contribution in [2.24, 2.45) is 0 Å². The lowest BCUT2D eigenvalue weighted by atomic mass is 10.3. The van der Waals surface area contributed by atoms with Crippen molar-refractivity contribution < 1.29 is 4.52 Å². The fraction of sp³-hybridized carbons (Fsp3) is 0.533. The Hall–Kier alpha value is -1.79. The molecule has 0 aliphatic carbocycles. The second-order valence-electron chi connectivity index (χ2n) is 5.46. The van der Waals surface area contributed by atoms with Gasteiger partial charge < -0.3 is 4.52 Å². The molecule has 21 heavy (non-hydrogen) atoms. The van der Waals surface area contributed by atoms with Gasteiger partial charge in [-0.05, 0) is 31.6 Å². The van der Waals surface area contributed by atoms with E-state index in [2.05, 4.69) is 31.0 Å². The van der Waals surface area contributed by atoms with E-state index in [1.165, 1.54) is 0 Å². The Morgan fingerprint density at radius 2 is 1.90 bits per heavy atom. The Morgan fingerprint density at radius 3 is 2.57 bits per heavy atom. The minimum atomic E-state index is 0.636. The molecule has 0 unspecified atom stereocenters. The third-order valence-electron chi connectivity index (χ3n) is 3.73. The monoisotopic (exact) mass is 287 g/mol. The van der Waals surface area contributed by atoms with Gasteiger partial charge in [-0.3, -0.25) is 14.8 Å². The summed E-state index contributed by atoms with van der Waals surface area (Å²) in [5.41, 5.74) is 1.14. The standard InChI is InChI=1S/C15H21N5O/c1-13-17-15(18-21-13)12-20-8-4-7-19(9-10-20)11-14-5-2-3-6-16-14/h2-3,5-6H,4,7-12H2,1H3. The van der Waals surface area contributed by atoms with Crippen molar-refractivity contribution >= 4 is 0 Å². The molecule has 1 aliphatic heterocycles. The number of pyridine rings is 1. The van der Waals surface area contributed by atoms with Gasteiger partial charge in [0.05, 0.1) is 12.2 Å². The van der Waals surface area contributed by atoms with Crippen molar-refractivity contribution in [1.29, 1.82) is 0 Å². The van der Waals surface area contributed by atoms with Gasteiger partial charge in [0.15, 0.2) is 5.82 Å². The van der Waals surface area contributed by atoms with E-state index in [1.807, 2.05) is 25.3 Å². The molecule has 3 rings (SSSR count). The predicted molar refractivity (Wildman–Crippen MR) is 78.4 cm³/mol. The maximum atomic E-state index is 5.03. The smallest absolute Gasteiger partial charge is 0.223 e. The van der Waals surface area contributed by atoms with Gasteiger partial charge >= 0.3 is 0 Å². The maximum Gasteiger partial charge on any atom is 0.223 e. The predicted octanol–water partition coefficient (Wildman–Crippen LogP) is 1.48. The van der Waals surface area contributed by atoms with Crippen LogP contribution >= 0.6 is 0 Å². The van der Waals surface area contributed by atoms with E-state index in [4.69, 9.17) is 4.52 Å². The van der Waals surface area contributed by atoms with Crippen LogP contribution in [0.5, 0.6) is 0 Å². The third kappa shape index (κ3) is 4.09. The highest BCUT2D eigenvalue weighted by molar-refractivity contribution is 5.03. The average Bonchev–Trinajstić information content (AvgIpc) is 2.77. The summed E-state index contributed by atoms with van der Waals surface area (Å²) in [6.45, 7) is 7.79. The minimum absolute atomic E-state index is 0.636. The van der Waals surface area contributed by atoms with Crippen LogP contribution in [0.3, 0.4) is 0 Å². The van der Waals surface area contributed by atoms with E-state index in [0.717, 1.165) is 57.2 Å². The Morgan fingerprint density at radius 1 is 1.10 bits per heavy atom. The molecule has 2 aromatic heterocycles. The minimum Gasteiger partial charge on any atom is -0.340 e. The van der Waals surface area contributed by atoms with Crippen LogP contribution in [0.1, 0.15) is 23.8 Å². The Labute approximate surface area is 124 Å². The molecule has 0 bridgehead atoms. The molecule has 1 fully saturated rings. The molecule has 3 heterocycles. The molecule has 0 radical (unpaired) electrons. The van der Waals surface area contributed by atoms with Crippen LogP contribution in [-0.4, -0.2) is 51.1 Å². The first kappa shape index (κ1) is 14.2. The largest absolute Gasteiger partial charge is 0.340 e. The quantitative estimate of drug-likeness (QED) is 0.849. The first-order valence-electron chi connectivity index (χ1n) is 7.43. The first-order valence-corrected chi connectivity index (χ1v) is 7.43. The van der Waals surface area contributed by atoms with Gasteiger partial charge in [-0.1, -0.05) is 11.2 Å². The van der Waals surface area contributed by atoms with Crippen molar-refractivity contribution in [2.45, 2.75) is 26.4 Å². The summed E-state index contributed by atoms with van der Waals surface area (Å²) >= 11 is 0. The number of aromatic nitrogens is 3. The van der Waals surface area contributed by atoms with E-state index >= 15 is 0 Å². The van der Waals surface area contributed by atoms with Gasteiger partial charge in [0, 0.05) is 32.8 Å². The van der Waals surface area contributed by atoms with Crippen molar-refractivity contribution in [1.82, 2.24) is 24.9 Å². The van der Waals surface area contributed by atoms with E-state index in [-0.39, 0.29) is 0 Å². The van der Waals surface area contributed by atoms with Gasteiger partial charge in [-0.2, -0.15) is 4.98 Å². The Bertz CT molecular complexity index is 556. The third-order valence-corrected chi connectivity index (χ3v) is 3.73. The Balaban J connectivity index is 1.52. The number of hydrogen-bond acceptors (Lipinski definition) is 6. The highest BCUT2D eigenvalue weighted by Gasteiger charge is 2.17. The van der Waals surface area contributed by atoms with Crippen LogP contribution < -0.4 is 0 Å². The molecule has 2 aromatic rings. The first-order chi connectivity index (χ1) is 10.3. The molecule has 0 atom stereocenters. The molecule has 0 N–H and O–H groups in total. The average molecular weight is 287 g/mol. The van der Waals surface area contributed by atoms with Crippen molar-refractivity contribution in [3.8, 4) is 0 Å². The number of nitrogens with zero attached hydrogens (tertiary/aromatic N) is 5. The van der Waals surface area contributed by atoms with Crippen molar-refractivity contribution in [2.75, 3.05) is 26.2 Å². The van der Waals surface area contributed by atoms with Crippen LogP contribution in [0.2, 0.25) is 0 Å². The molecule has 1 saturated heterocycles. The van der Waals surface area contributed by atoms with Gasteiger partial charge in [-0.15, -0.1) is 0 Å². The van der Waals surface area contributed by atoms with Crippen LogP contribution in [0, 0.1) is 6.92 Å². The zero-order valence-electron chi connectivity index (χ0n) is 12.4. The Kier molecular flexibility index (Phi) is 4.57. The lowest BCUT2D eigenvalue weighted by Crippen LogP contribution is -2.30. The number of hydrogen-bond donors (Lipinski definition) is 0. The summed E-state index contributed by atoms with van der Waals surface area (Å²) in [4.78, 5) is 13.5. The molecule has 112 valence electrons. The molecule has 0 aromatic carbocycles. The summed E-state index contributed by atoms with van der Waals surface area (Å²) in [6, 6.07) is 6.09. The lowest BCUT2D eigenvalue weighted by Gasteiger charge is -2.20. The fourth-order valence-corrected chi connectivity index (χ4v) is 2.67. The molecular formula is C15H21N5O. The fourth-order valence-electron chi connectivity index (χ4n) is 2.67. The summed E-state index contributed by atoms with van der Waals surface area (Å²) in [6.07, 6.45) is 3.02. The van der Waals surface area contributed by atoms with Crippen LogP contribution in [0.25, 0.3) is 0 Å².